The summed E-state index contributed by atoms with van der Waals surface area (Å²) in [5.74, 6) is -0.402. The van der Waals surface area contributed by atoms with Crippen molar-refractivity contribution in [2.45, 2.75) is 27.0 Å². The van der Waals surface area contributed by atoms with E-state index in [4.69, 9.17) is 9.47 Å². The van der Waals surface area contributed by atoms with E-state index in [1.165, 1.54) is 30.9 Å². The highest BCUT2D eigenvalue weighted by atomic mass is 16.6. The average molecular weight is 372 g/mol. The number of carbonyl (C=O) groups excluding carboxylic acids is 1. The number of nitro groups is 1. The van der Waals surface area contributed by atoms with Crippen LogP contribution in [0.5, 0.6) is 5.75 Å². The zero-order chi connectivity index (χ0) is 19.8. The molecule has 0 N–H and O–H groups in total. The lowest BCUT2D eigenvalue weighted by Crippen LogP contribution is -2.22. The molecule has 27 heavy (non-hydrogen) atoms. The second kappa shape index (κ2) is 9.68. The minimum absolute atomic E-state index is 0.0404. The first-order valence-electron chi connectivity index (χ1n) is 8.78. The van der Waals surface area contributed by atoms with E-state index in [0.29, 0.717) is 5.75 Å². The molecule has 2 rings (SSSR count). The molecule has 0 aromatic heterocycles. The maximum atomic E-state index is 12.3. The van der Waals surface area contributed by atoms with Gasteiger partial charge in [0.2, 0.25) is 0 Å². The van der Waals surface area contributed by atoms with Crippen LogP contribution in [0.15, 0.2) is 42.5 Å². The van der Waals surface area contributed by atoms with Crippen LogP contribution in [0.2, 0.25) is 0 Å². The first-order chi connectivity index (χ1) is 13.0. The van der Waals surface area contributed by atoms with E-state index in [1.807, 2.05) is 24.3 Å². The van der Waals surface area contributed by atoms with Gasteiger partial charge in [0.1, 0.15) is 17.9 Å². The van der Waals surface area contributed by atoms with Crippen LogP contribution in [0.25, 0.3) is 0 Å². The fourth-order valence-corrected chi connectivity index (χ4v) is 2.64. The zero-order valence-corrected chi connectivity index (χ0v) is 15.8. The number of ether oxygens (including phenoxy) is 2. The van der Waals surface area contributed by atoms with Crippen molar-refractivity contribution in [3.05, 3.63) is 69.3 Å². The van der Waals surface area contributed by atoms with Crippen molar-refractivity contribution in [2.24, 2.45) is 0 Å². The SMILES string of the molecule is CCN(CC)Cc1ccc(COC(=O)c2cc(OC)ccc2[N+](=O)[O-])cc1. The highest BCUT2D eigenvalue weighted by Crippen LogP contribution is 2.25. The molecule has 0 aliphatic heterocycles. The standard InChI is InChI=1S/C20H24N2O5/c1-4-21(5-2)13-15-6-8-16(9-7-15)14-27-20(23)18-12-17(26-3)10-11-19(18)22(24)25/h6-12H,4-5,13-14H2,1-3H3. The largest absolute Gasteiger partial charge is 0.497 e. The van der Waals surface area contributed by atoms with Crippen LogP contribution in [0.4, 0.5) is 5.69 Å². The smallest absolute Gasteiger partial charge is 0.345 e. The third kappa shape index (κ3) is 5.52. The molecular formula is C20H24N2O5. The number of rotatable bonds is 9. The monoisotopic (exact) mass is 372 g/mol. The van der Waals surface area contributed by atoms with Gasteiger partial charge in [0.05, 0.1) is 12.0 Å². The highest BCUT2D eigenvalue weighted by Gasteiger charge is 2.22. The van der Waals surface area contributed by atoms with Gasteiger partial charge in [0, 0.05) is 18.7 Å². The van der Waals surface area contributed by atoms with Gasteiger partial charge < -0.3 is 9.47 Å². The van der Waals surface area contributed by atoms with E-state index < -0.39 is 10.9 Å². The van der Waals surface area contributed by atoms with Crippen LogP contribution >= 0.6 is 0 Å². The van der Waals surface area contributed by atoms with Crippen LogP contribution < -0.4 is 4.74 Å². The lowest BCUT2D eigenvalue weighted by molar-refractivity contribution is -0.385. The molecule has 0 aliphatic rings. The van der Waals surface area contributed by atoms with Crippen LogP contribution in [0.3, 0.4) is 0 Å². The second-order valence-corrected chi connectivity index (χ2v) is 5.99. The van der Waals surface area contributed by atoms with Crippen LogP contribution in [-0.4, -0.2) is 36.0 Å². The molecule has 7 heteroatoms. The summed E-state index contributed by atoms with van der Waals surface area (Å²) in [5, 5.41) is 11.1. The van der Waals surface area contributed by atoms with Crippen molar-refractivity contribution in [1.29, 1.82) is 0 Å². The molecule has 0 bridgehead atoms. The molecule has 2 aromatic rings. The van der Waals surface area contributed by atoms with Gasteiger partial charge in [0.15, 0.2) is 0 Å². The van der Waals surface area contributed by atoms with Crippen molar-refractivity contribution in [1.82, 2.24) is 4.90 Å². The van der Waals surface area contributed by atoms with Gasteiger partial charge in [0.25, 0.3) is 5.69 Å². The number of esters is 1. The van der Waals surface area contributed by atoms with Crippen molar-refractivity contribution in [3.63, 3.8) is 0 Å². The molecule has 144 valence electrons. The topological polar surface area (TPSA) is 81.9 Å². The van der Waals surface area contributed by atoms with Crippen molar-refractivity contribution in [2.75, 3.05) is 20.2 Å². The maximum Gasteiger partial charge on any atom is 0.345 e. The average Bonchev–Trinajstić information content (AvgIpc) is 2.70. The molecule has 0 fully saturated rings. The van der Waals surface area contributed by atoms with Gasteiger partial charge in [-0.3, -0.25) is 15.0 Å². The number of nitrogens with zero attached hydrogens (tertiary/aromatic N) is 2. The Kier molecular flexibility index (Phi) is 7.31. The van der Waals surface area contributed by atoms with E-state index in [0.717, 1.165) is 25.2 Å². The van der Waals surface area contributed by atoms with Crippen molar-refractivity contribution < 1.29 is 19.2 Å². The number of hydrogen-bond donors (Lipinski definition) is 0. The number of carbonyl (C=O) groups is 1. The van der Waals surface area contributed by atoms with E-state index in [1.54, 1.807) is 0 Å². The summed E-state index contributed by atoms with van der Waals surface area (Å²) in [5.41, 5.74) is 1.56. The van der Waals surface area contributed by atoms with E-state index in [9.17, 15) is 14.9 Å². The number of nitro benzene ring substituents is 1. The Bertz CT molecular complexity index is 785. The molecule has 0 heterocycles. The molecule has 0 aliphatic carbocycles. The van der Waals surface area contributed by atoms with E-state index in [-0.39, 0.29) is 17.9 Å². The van der Waals surface area contributed by atoms with Gasteiger partial charge in [-0.05, 0) is 30.3 Å². The van der Waals surface area contributed by atoms with Gasteiger partial charge >= 0.3 is 5.97 Å². The molecule has 2 aromatic carbocycles. The summed E-state index contributed by atoms with van der Waals surface area (Å²) in [6.45, 7) is 7.11. The Balaban J connectivity index is 2.04. The zero-order valence-electron chi connectivity index (χ0n) is 15.8. The molecule has 0 atom stereocenters. The van der Waals surface area contributed by atoms with Crippen LogP contribution in [0, 0.1) is 10.1 Å². The predicted molar refractivity (Wildman–Crippen MR) is 102 cm³/mol. The number of hydrogen-bond acceptors (Lipinski definition) is 6. The molecule has 0 amide bonds. The summed E-state index contributed by atoms with van der Waals surface area (Å²) >= 11 is 0. The van der Waals surface area contributed by atoms with Crippen LogP contribution in [0.1, 0.15) is 35.3 Å². The first kappa shape index (κ1) is 20.4. The van der Waals surface area contributed by atoms with Gasteiger partial charge in [-0.15, -0.1) is 0 Å². The summed E-state index contributed by atoms with van der Waals surface area (Å²) in [6.07, 6.45) is 0. The summed E-state index contributed by atoms with van der Waals surface area (Å²) in [6, 6.07) is 11.8. The minimum Gasteiger partial charge on any atom is -0.497 e. The predicted octanol–water partition coefficient (Wildman–Crippen LogP) is 3.80. The van der Waals surface area contributed by atoms with Gasteiger partial charge in [-0.2, -0.15) is 0 Å². The molecule has 7 nitrogen and oxygen atoms in total. The lowest BCUT2D eigenvalue weighted by Gasteiger charge is -2.18. The number of benzene rings is 2. The Morgan fingerprint density at radius 3 is 2.26 bits per heavy atom. The Labute approximate surface area is 158 Å². The van der Waals surface area contributed by atoms with Crippen molar-refractivity contribution >= 4 is 11.7 Å². The number of methoxy groups -OCH3 is 1. The fraction of sp³-hybridized carbons (Fsp3) is 0.350. The summed E-state index contributed by atoms with van der Waals surface area (Å²) in [4.78, 5) is 25.1. The molecule has 0 radical (unpaired) electrons. The Morgan fingerprint density at radius 1 is 1.07 bits per heavy atom. The van der Waals surface area contributed by atoms with E-state index >= 15 is 0 Å². The third-order valence-electron chi connectivity index (χ3n) is 4.31. The third-order valence-corrected chi connectivity index (χ3v) is 4.31. The first-order valence-corrected chi connectivity index (χ1v) is 8.78. The summed E-state index contributed by atoms with van der Waals surface area (Å²) in [7, 11) is 1.43. The second-order valence-electron chi connectivity index (χ2n) is 5.99. The maximum absolute atomic E-state index is 12.3. The minimum atomic E-state index is -0.757. The Hall–Kier alpha value is -2.93. The highest BCUT2D eigenvalue weighted by molar-refractivity contribution is 5.94. The molecular weight excluding hydrogens is 348 g/mol. The fourth-order valence-electron chi connectivity index (χ4n) is 2.64. The Morgan fingerprint density at radius 2 is 1.70 bits per heavy atom. The molecule has 0 unspecified atom stereocenters. The van der Waals surface area contributed by atoms with Crippen LogP contribution in [-0.2, 0) is 17.9 Å². The van der Waals surface area contributed by atoms with E-state index in [2.05, 4.69) is 18.7 Å². The van der Waals surface area contributed by atoms with Gasteiger partial charge in [-0.1, -0.05) is 38.1 Å². The summed E-state index contributed by atoms with van der Waals surface area (Å²) < 4.78 is 10.3. The molecule has 0 spiro atoms. The quantitative estimate of drug-likeness (QED) is 0.378. The molecule has 0 saturated carbocycles. The normalized spacial score (nSPS) is 10.7. The lowest BCUT2D eigenvalue weighted by atomic mass is 10.1. The van der Waals surface area contributed by atoms with Gasteiger partial charge in [-0.25, -0.2) is 4.79 Å². The van der Waals surface area contributed by atoms with Crippen molar-refractivity contribution in [3.8, 4) is 5.75 Å². The molecule has 0 saturated heterocycles.